The quantitative estimate of drug-likeness (QED) is 0.809. The first-order chi connectivity index (χ1) is 13.0. The van der Waals surface area contributed by atoms with Crippen molar-refractivity contribution in [3.8, 4) is 23.0 Å². The highest BCUT2D eigenvalue weighted by Gasteiger charge is 2.29. The lowest BCUT2D eigenvalue weighted by Crippen LogP contribution is -2.39. The zero-order valence-corrected chi connectivity index (χ0v) is 15.2. The molecule has 0 spiro atoms. The van der Waals surface area contributed by atoms with E-state index in [9.17, 15) is 9.59 Å². The van der Waals surface area contributed by atoms with Crippen molar-refractivity contribution in [3.63, 3.8) is 0 Å². The fourth-order valence-corrected chi connectivity index (χ4v) is 2.76. The van der Waals surface area contributed by atoms with Gasteiger partial charge in [-0.15, -0.1) is 0 Å². The van der Waals surface area contributed by atoms with Crippen LogP contribution in [-0.4, -0.2) is 39.2 Å². The molecule has 27 heavy (non-hydrogen) atoms. The van der Waals surface area contributed by atoms with E-state index in [1.165, 1.54) is 21.3 Å². The van der Waals surface area contributed by atoms with Gasteiger partial charge in [-0.05, 0) is 12.1 Å². The van der Waals surface area contributed by atoms with E-state index in [0.29, 0.717) is 34.4 Å². The summed E-state index contributed by atoms with van der Waals surface area (Å²) in [5.74, 6) is 1.02. The highest BCUT2D eigenvalue weighted by atomic mass is 16.5. The van der Waals surface area contributed by atoms with E-state index >= 15 is 0 Å². The molecule has 1 heterocycles. The average molecular weight is 372 g/mol. The molecule has 1 unspecified atom stereocenters. The summed E-state index contributed by atoms with van der Waals surface area (Å²) in [4.78, 5) is 24.6. The third-order valence-corrected chi connectivity index (χ3v) is 4.03. The lowest BCUT2D eigenvalue weighted by atomic mass is 10.1. The molecule has 2 N–H and O–H groups in total. The third kappa shape index (κ3) is 3.89. The van der Waals surface area contributed by atoms with E-state index < -0.39 is 6.10 Å². The molecule has 0 bridgehead atoms. The lowest BCUT2D eigenvalue weighted by molar-refractivity contribution is -0.128. The fourth-order valence-electron chi connectivity index (χ4n) is 2.76. The molecule has 3 rings (SSSR count). The number of carbonyl (C=O) groups is 2. The maximum Gasteiger partial charge on any atom is 0.266 e. The summed E-state index contributed by atoms with van der Waals surface area (Å²) in [6, 6.07) is 10.3. The lowest BCUT2D eigenvalue weighted by Gasteiger charge is -2.25. The number of para-hydroxylation sites is 2. The Morgan fingerprint density at radius 3 is 2.41 bits per heavy atom. The van der Waals surface area contributed by atoms with Gasteiger partial charge >= 0.3 is 0 Å². The molecule has 2 aromatic carbocycles. The molecule has 2 aromatic rings. The molecule has 0 aromatic heterocycles. The Kier molecular flexibility index (Phi) is 5.35. The first-order valence-electron chi connectivity index (χ1n) is 8.22. The molecule has 2 amide bonds. The van der Waals surface area contributed by atoms with Crippen molar-refractivity contribution in [3.05, 3.63) is 36.4 Å². The second-order valence-corrected chi connectivity index (χ2v) is 5.76. The minimum atomic E-state index is -0.915. The van der Waals surface area contributed by atoms with Crippen LogP contribution in [0.15, 0.2) is 36.4 Å². The molecule has 0 radical (unpaired) electrons. The molecule has 0 saturated carbocycles. The second-order valence-electron chi connectivity index (χ2n) is 5.76. The van der Waals surface area contributed by atoms with Gasteiger partial charge in [-0.2, -0.15) is 0 Å². The van der Waals surface area contributed by atoms with Crippen LogP contribution in [-0.2, 0) is 9.59 Å². The summed E-state index contributed by atoms with van der Waals surface area (Å²) >= 11 is 0. The maximum absolute atomic E-state index is 12.4. The first-order valence-corrected chi connectivity index (χ1v) is 8.22. The number of benzene rings is 2. The van der Waals surface area contributed by atoms with E-state index in [0.717, 1.165) is 0 Å². The Bertz CT molecular complexity index is 842. The van der Waals surface area contributed by atoms with Crippen molar-refractivity contribution in [2.24, 2.45) is 0 Å². The largest absolute Gasteiger partial charge is 0.493 e. The zero-order chi connectivity index (χ0) is 19.4. The molecule has 1 aliphatic rings. The molecular weight excluding hydrogens is 352 g/mol. The highest BCUT2D eigenvalue weighted by Crippen LogP contribution is 2.40. The average Bonchev–Trinajstić information content (AvgIpc) is 2.67. The topological polar surface area (TPSA) is 95.1 Å². The molecule has 0 fully saturated rings. The molecule has 8 heteroatoms. The van der Waals surface area contributed by atoms with Crippen molar-refractivity contribution in [2.75, 3.05) is 32.0 Å². The van der Waals surface area contributed by atoms with Gasteiger partial charge in [-0.1, -0.05) is 12.1 Å². The van der Waals surface area contributed by atoms with Crippen molar-refractivity contribution in [2.45, 2.75) is 12.5 Å². The van der Waals surface area contributed by atoms with Gasteiger partial charge in [0.05, 0.1) is 33.4 Å². The van der Waals surface area contributed by atoms with Crippen LogP contribution in [0.3, 0.4) is 0 Å². The highest BCUT2D eigenvalue weighted by molar-refractivity contribution is 6.02. The van der Waals surface area contributed by atoms with Gasteiger partial charge in [0.1, 0.15) is 5.75 Å². The standard InChI is InChI=1S/C19H20N2O6/c1-24-14-8-11(9-15(25-2)18(14)26-3)20-17(22)10-16-19(23)21-12-6-4-5-7-13(12)27-16/h4-9,16H,10H2,1-3H3,(H,20,22)(H,21,23). The van der Waals surface area contributed by atoms with Crippen LogP contribution in [0.25, 0.3) is 0 Å². The normalized spacial score (nSPS) is 15.1. The van der Waals surface area contributed by atoms with Crippen molar-refractivity contribution < 1.29 is 28.5 Å². The fraction of sp³-hybridized carbons (Fsp3) is 0.263. The number of hydrogen-bond acceptors (Lipinski definition) is 6. The Labute approximate surface area is 156 Å². The van der Waals surface area contributed by atoms with Gasteiger partial charge in [-0.25, -0.2) is 0 Å². The zero-order valence-electron chi connectivity index (χ0n) is 15.2. The van der Waals surface area contributed by atoms with Crippen molar-refractivity contribution >= 4 is 23.2 Å². The maximum atomic E-state index is 12.4. The predicted molar refractivity (Wildman–Crippen MR) is 98.8 cm³/mol. The summed E-state index contributed by atoms with van der Waals surface area (Å²) in [6.07, 6.45) is -1.06. The Hall–Kier alpha value is -3.42. The smallest absolute Gasteiger partial charge is 0.266 e. The van der Waals surface area contributed by atoms with E-state index in [1.54, 1.807) is 36.4 Å². The monoisotopic (exact) mass is 372 g/mol. The van der Waals surface area contributed by atoms with Crippen LogP contribution < -0.4 is 29.6 Å². The number of carbonyl (C=O) groups excluding carboxylic acids is 2. The van der Waals surface area contributed by atoms with Gasteiger partial charge in [0.15, 0.2) is 17.6 Å². The van der Waals surface area contributed by atoms with Crippen LogP contribution in [0.5, 0.6) is 23.0 Å². The third-order valence-electron chi connectivity index (χ3n) is 4.03. The number of methoxy groups -OCH3 is 3. The van der Waals surface area contributed by atoms with Crippen LogP contribution in [0, 0.1) is 0 Å². The summed E-state index contributed by atoms with van der Waals surface area (Å²) in [6.45, 7) is 0. The van der Waals surface area contributed by atoms with E-state index in [2.05, 4.69) is 10.6 Å². The molecule has 1 aliphatic heterocycles. The number of fused-ring (bicyclic) bond motifs is 1. The molecule has 0 aliphatic carbocycles. The van der Waals surface area contributed by atoms with E-state index in [4.69, 9.17) is 18.9 Å². The van der Waals surface area contributed by atoms with Crippen LogP contribution in [0.1, 0.15) is 6.42 Å². The summed E-state index contributed by atoms with van der Waals surface area (Å²) < 4.78 is 21.4. The van der Waals surface area contributed by atoms with Crippen LogP contribution in [0.2, 0.25) is 0 Å². The molecule has 142 valence electrons. The van der Waals surface area contributed by atoms with Gasteiger partial charge in [0.25, 0.3) is 5.91 Å². The van der Waals surface area contributed by atoms with Crippen molar-refractivity contribution in [1.82, 2.24) is 0 Å². The molecule has 8 nitrogen and oxygen atoms in total. The summed E-state index contributed by atoms with van der Waals surface area (Å²) in [5.41, 5.74) is 1.04. The van der Waals surface area contributed by atoms with Gasteiger partial charge in [0, 0.05) is 17.8 Å². The van der Waals surface area contributed by atoms with Gasteiger partial charge < -0.3 is 29.6 Å². The van der Waals surface area contributed by atoms with Crippen molar-refractivity contribution in [1.29, 1.82) is 0 Å². The van der Waals surface area contributed by atoms with Crippen LogP contribution >= 0.6 is 0 Å². The van der Waals surface area contributed by atoms with Gasteiger partial charge in [0.2, 0.25) is 11.7 Å². The number of ether oxygens (including phenoxy) is 4. The number of hydrogen-bond donors (Lipinski definition) is 2. The summed E-state index contributed by atoms with van der Waals surface area (Å²) in [7, 11) is 4.47. The first kappa shape index (κ1) is 18.4. The molecule has 1 atom stereocenters. The Balaban J connectivity index is 1.72. The minimum Gasteiger partial charge on any atom is -0.493 e. The van der Waals surface area contributed by atoms with Crippen LogP contribution in [0.4, 0.5) is 11.4 Å². The predicted octanol–water partition coefficient (Wildman–Crippen LogP) is 2.44. The number of anilines is 2. The Morgan fingerprint density at radius 1 is 1.11 bits per heavy atom. The minimum absolute atomic E-state index is 0.142. The molecule has 0 saturated heterocycles. The number of amides is 2. The number of nitrogens with one attached hydrogen (secondary N) is 2. The Morgan fingerprint density at radius 2 is 1.78 bits per heavy atom. The van der Waals surface area contributed by atoms with E-state index in [1.807, 2.05) is 0 Å². The van der Waals surface area contributed by atoms with Gasteiger partial charge in [-0.3, -0.25) is 9.59 Å². The number of rotatable bonds is 6. The van der Waals surface area contributed by atoms with E-state index in [-0.39, 0.29) is 18.2 Å². The molecular formula is C19H20N2O6. The SMILES string of the molecule is COc1cc(NC(=O)CC2Oc3ccccc3NC2=O)cc(OC)c1OC. The summed E-state index contributed by atoms with van der Waals surface area (Å²) in [5, 5.41) is 5.45. The second kappa shape index (κ2) is 7.86.